The first-order valence-electron chi connectivity index (χ1n) is 10.6. The highest BCUT2D eigenvalue weighted by Gasteiger charge is 2.52. The van der Waals surface area contributed by atoms with Gasteiger partial charge in [0.2, 0.25) is 0 Å². The van der Waals surface area contributed by atoms with Crippen molar-refractivity contribution in [2.24, 2.45) is 4.99 Å². The van der Waals surface area contributed by atoms with Crippen LogP contribution in [0.25, 0.3) is 0 Å². The van der Waals surface area contributed by atoms with Crippen LogP contribution in [0.5, 0.6) is 0 Å². The summed E-state index contributed by atoms with van der Waals surface area (Å²) in [5, 5.41) is 11.4. The lowest BCUT2D eigenvalue weighted by Gasteiger charge is -2.43. The molecule has 2 aliphatic rings. The molecule has 1 fully saturated rings. The first kappa shape index (κ1) is 22.3. The monoisotopic (exact) mass is 442 g/mol. The molecular weight excluding hydrogens is 412 g/mol. The van der Waals surface area contributed by atoms with Gasteiger partial charge < -0.3 is 24.2 Å². The van der Waals surface area contributed by atoms with Gasteiger partial charge >= 0.3 is 0 Å². The number of thioether (sulfide) groups is 1. The minimum atomic E-state index is -0.700. The average molecular weight is 443 g/mol. The van der Waals surface area contributed by atoms with Crippen LogP contribution in [0.15, 0.2) is 65.7 Å². The Bertz CT molecular complexity index is 862. The van der Waals surface area contributed by atoms with Crippen molar-refractivity contribution in [3.8, 4) is 0 Å². The van der Waals surface area contributed by atoms with E-state index >= 15 is 0 Å². The van der Waals surface area contributed by atoms with Crippen molar-refractivity contribution >= 4 is 16.9 Å². The second-order valence-electron chi connectivity index (χ2n) is 8.15. The molecule has 0 aromatic heterocycles. The quantitative estimate of drug-likeness (QED) is 0.710. The molecule has 0 radical (unpaired) electrons. The highest BCUT2D eigenvalue weighted by atomic mass is 32.2. The van der Waals surface area contributed by atoms with E-state index in [1.165, 1.54) is 0 Å². The lowest BCUT2D eigenvalue weighted by Crippen LogP contribution is -2.59. The minimum Gasteiger partial charge on any atom is -0.391 e. The normalized spacial score (nSPS) is 28.6. The Morgan fingerprint density at radius 3 is 2.03 bits per heavy atom. The van der Waals surface area contributed by atoms with Gasteiger partial charge in [-0.05, 0) is 18.1 Å². The van der Waals surface area contributed by atoms with Gasteiger partial charge in [-0.3, -0.25) is 4.99 Å². The van der Waals surface area contributed by atoms with Crippen molar-refractivity contribution in [1.82, 2.24) is 4.90 Å². The summed E-state index contributed by atoms with van der Waals surface area (Å²) in [6.07, 6.45) is -1.99. The van der Waals surface area contributed by atoms with Crippen molar-refractivity contribution in [1.29, 1.82) is 0 Å². The fourth-order valence-electron chi connectivity index (χ4n) is 3.87. The molecule has 2 aromatic carbocycles. The zero-order chi connectivity index (χ0) is 21.8. The van der Waals surface area contributed by atoms with Crippen molar-refractivity contribution in [3.63, 3.8) is 0 Å². The summed E-state index contributed by atoms with van der Waals surface area (Å²) in [6, 6.07) is 19.9. The zero-order valence-corrected chi connectivity index (χ0v) is 18.9. The average Bonchev–Trinajstić information content (AvgIpc) is 3.22. The number of aliphatic hydroxyl groups is 1. The van der Waals surface area contributed by atoms with E-state index in [4.69, 9.17) is 19.2 Å². The molecule has 0 amide bonds. The third kappa shape index (κ3) is 5.30. The Labute approximate surface area is 188 Å². The Morgan fingerprint density at radius 1 is 0.968 bits per heavy atom. The molecule has 0 spiro atoms. The smallest absolute Gasteiger partial charge is 0.161 e. The third-order valence-electron chi connectivity index (χ3n) is 5.46. The van der Waals surface area contributed by atoms with Crippen LogP contribution in [0.3, 0.4) is 0 Å². The molecule has 166 valence electrons. The van der Waals surface area contributed by atoms with Gasteiger partial charge in [0.1, 0.15) is 29.8 Å². The van der Waals surface area contributed by atoms with E-state index in [0.717, 1.165) is 16.3 Å². The molecule has 0 unspecified atom stereocenters. The maximum atomic E-state index is 10.5. The first-order valence-corrected chi connectivity index (χ1v) is 11.5. The summed E-state index contributed by atoms with van der Waals surface area (Å²) in [5.74, 6) is 0. The van der Waals surface area contributed by atoms with Gasteiger partial charge in [-0.15, -0.1) is 0 Å². The summed E-state index contributed by atoms with van der Waals surface area (Å²) < 4.78 is 19.1. The first-order chi connectivity index (χ1) is 15.0. The molecule has 2 aliphatic heterocycles. The number of benzene rings is 2. The molecule has 1 N–H and O–H groups in total. The van der Waals surface area contributed by atoms with Gasteiger partial charge in [0.15, 0.2) is 5.17 Å². The lowest BCUT2D eigenvalue weighted by molar-refractivity contribution is -0.218. The highest BCUT2D eigenvalue weighted by molar-refractivity contribution is 8.14. The van der Waals surface area contributed by atoms with Crippen LogP contribution in [0, 0.1) is 0 Å². The number of hydrogen-bond donors (Lipinski definition) is 1. The number of amidine groups is 1. The van der Waals surface area contributed by atoms with Gasteiger partial charge in [0.05, 0.1) is 19.3 Å². The number of ether oxygens (including phenoxy) is 3. The summed E-state index contributed by atoms with van der Waals surface area (Å²) in [5.41, 5.74) is 1.94. The van der Waals surface area contributed by atoms with Crippen molar-refractivity contribution in [2.45, 2.75) is 56.0 Å². The number of fused-ring (bicyclic) bond motifs is 1. The van der Waals surface area contributed by atoms with Gasteiger partial charge in [-0.25, -0.2) is 0 Å². The zero-order valence-electron chi connectivity index (χ0n) is 18.1. The minimum absolute atomic E-state index is 0.207. The molecule has 31 heavy (non-hydrogen) atoms. The maximum absolute atomic E-state index is 10.5. The number of aliphatic hydroxyl groups excluding tert-OH is 1. The lowest BCUT2D eigenvalue weighted by atomic mass is 9.94. The van der Waals surface area contributed by atoms with E-state index in [2.05, 4.69) is 0 Å². The number of hydrogen-bond acceptors (Lipinski definition) is 7. The predicted octanol–water partition coefficient (Wildman–Crippen LogP) is 3.30. The summed E-state index contributed by atoms with van der Waals surface area (Å²) in [7, 11) is 3.94. The molecule has 0 bridgehead atoms. The molecule has 0 saturated carbocycles. The molecule has 2 heterocycles. The second kappa shape index (κ2) is 10.1. The Hall–Kier alpha value is -1.90. The standard InChI is InChI=1S/C24H30N2O4S/c1-16(27)20-22(29-15-18-12-8-5-9-13-18)21(28-14-17-10-6-4-7-11-17)19-23(30-20)31-24(25-19)26(2)3/h4-13,16,19-23,27H,14-15H2,1-3H3/t16-,19-,20-,21-,22-,23-/m1/s1. The molecule has 1 saturated heterocycles. The summed E-state index contributed by atoms with van der Waals surface area (Å²) in [4.78, 5) is 6.88. The molecular formula is C24H30N2O4S. The van der Waals surface area contributed by atoms with E-state index in [-0.39, 0.29) is 17.6 Å². The van der Waals surface area contributed by atoms with Crippen LogP contribution in [0.1, 0.15) is 18.1 Å². The van der Waals surface area contributed by atoms with E-state index in [1.807, 2.05) is 79.7 Å². The molecule has 6 nitrogen and oxygen atoms in total. The van der Waals surface area contributed by atoms with Crippen LogP contribution in [0.4, 0.5) is 0 Å². The molecule has 0 aliphatic carbocycles. The molecule has 2 aromatic rings. The van der Waals surface area contributed by atoms with Crippen LogP contribution >= 0.6 is 11.8 Å². The van der Waals surface area contributed by atoms with Gasteiger partial charge in [-0.2, -0.15) is 0 Å². The van der Waals surface area contributed by atoms with Crippen LogP contribution in [-0.4, -0.2) is 65.2 Å². The van der Waals surface area contributed by atoms with Crippen molar-refractivity contribution in [3.05, 3.63) is 71.8 Å². The molecule has 4 rings (SSSR count). The van der Waals surface area contributed by atoms with Crippen molar-refractivity contribution in [2.75, 3.05) is 14.1 Å². The van der Waals surface area contributed by atoms with Gasteiger partial charge in [0.25, 0.3) is 0 Å². The molecule has 6 atom stereocenters. The van der Waals surface area contributed by atoms with E-state index in [1.54, 1.807) is 18.7 Å². The van der Waals surface area contributed by atoms with Crippen LogP contribution in [-0.2, 0) is 27.4 Å². The number of nitrogens with zero attached hydrogens (tertiary/aromatic N) is 2. The van der Waals surface area contributed by atoms with Crippen molar-refractivity contribution < 1.29 is 19.3 Å². The van der Waals surface area contributed by atoms with E-state index in [9.17, 15) is 5.11 Å². The number of rotatable bonds is 7. The Kier molecular flexibility index (Phi) is 7.30. The fourth-order valence-corrected chi connectivity index (χ4v) is 5.01. The predicted molar refractivity (Wildman–Crippen MR) is 123 cm³/mol. The van der Waals surface area contributed by atoms with E-state index < -0.39 is 18.3 Å². The second-order valence-corrected chi connectivity index (χ2v) is 9.21. The van der Waals surface area contributed by atoms with Gasteiger partial charge in [0, 0.05) is 14.1 Å². The maximum Gasteiger partial charge on any atom is 0.161 e. The largest absolute Gasteiger partial charge is 0.391 e. The Balaban J connectivity index is 1.59. The topological polar surface area (TPSA) is 63.5 Å². The fraction of sp³-hybridized carbons (Fsp3) is 0.458. The highest BCUT2D eigenvalue weighted by Crippen LogP contribution is 2.40. The van der Waals surface area contributed by atoms with Crippen LogP contribution in [0.2, 0.25) is 0 Å². The van der Waals surface area contributed by atoms with E-state index in [0.29, 0.717) is 13.2 Å². The molecule has 7 heteroatoms. The van der Waals surface area contributed by atoms with Crippen LogP contribution < -0.4 is 0 Å². The SMILES string of the molecule is C[C@@H](O)[C@H]1O[C@@H]2SC(N(C)C)=N[C@@H]2[C@@H](OCc2ccccc2)[C@@H]1OCc1ccccc1. The number of aliphatic imine (C=N–C) groups is 1. The Morgan fingerprint density at radius 2 is 1.52 bits per heavy atom. The third-order valence-corrected chi connectivity index (χ3v) is 6.77. The van der Waals surface area contributed by atoms with Gasteiger partial charge in [-0.1, -0.05) is 72.4 Å². The summed E-state index contributed by atoms with van der Waals surface area (Å²) >= 11 is 1.57. The summed E-state index contributed by atoms with van der Waals surface area (Å²) in [6.45, 7) is 2.60.